The molecule has 2 aliphatic rings. The lowest BCUT2D eigenvalue weighted by atomic mass is 9.72. The molecule has 0 amide bonds. The second-order valence-corrected chi connectivity index (χ2v) is 8.78. The average Bonchev–Trinajstić information content (AvgIpc) is 3.07. The number of aromatic nitrogens is 2. The molecule has 0 radical (unpaired) electrons. The number of sulfonamides is 1. The van der Waals surface area contributed by atoms with Crippen molar-refractivity contribution in [1.29, 1.82) is 0 Å². The summed E-state index contributed by atoms with van der Waals surface area (Å²) in [4.78, 5) is 0.248. The number of aliphatic hydroxyl groups is 1. The predicted octanol–water partition coefficient (Wildman–Crippen LogP) is 1.51. The van der Waals surface area contributed by atoms with Gasteiger partial charge in [-0.15, -0.1) is 0 Å². The molecular formula is C15H25N3O3S. The molecular weight excluding hydrogens is 302 g/mol. The van der Waals surface area contributed by atoms with Crippen molar-refractivity contribution in [3.05, 3.63) is 12.4 Å². The van der Waals surface area contributed by atoms with Gasteiger partial charge in [0.15, 0.2) is 0 Å². The van der Waals surface area contributed by atoms with Gasteiger partial charge in [0.2, 0.25) is 10.0 Å². The minimum Gasteiger partial charge on any atom is -0.390 e. The van der Waals surface area contributed by atoms with Crippen LogP contribution in [0.15, 0.2) is 17.3 Å². The van der Waals surface area contributed by atoms with E-state index in [9.17, 15) is 13.5 Å². The molecule has 6 nitrogen and oxygen atoms in total. The van der Waals surface area contributed by atoms with Gasteiger partial charge in [0.05, 0.1) is 11.8 Å². The summed E-state index contributed by atoms with van der Waals surface area (Å²) in [6.07, 6.45) is 8.39. The summed E-state index contributed by atoms with van der Waals surface area (Å²) in [6, 6.07) is -0.0968. The minimum atomic E-state index is -3.53. The highest BCUT2D eigenvalue weighted by Crippen LogP contribution is 2.42. The SMILES string of the molecule is Cn1cc(S(=O)(=O)N2CCC[C@@H]2[C@H]2CCCC[C@]2(C)O)cn1. The van der Waals surface area contributed by atoms with Gasteiger partial charge >= 0.3 is 0 Å². The summed E-state index contributed by atoms with van der Waals surface area (Å²) in [7, 11) is -1.81. The maximum atomic E-state index is 12.9. The molecule has 0 spiro atoms. The van der Waals surface area contributed by atoms with Crippen molar-refractivity contribution >= 4 is 10.0 Å². The fourth-order valence-electron chi connectivity index (χ4n) is 4.08. The molecule has 3 rings (SSSR count). The van der Waals surface area contributed by atoms with E-state index in [0.29, 0.717) is 6.54 Å². The maximum absolute atomic E-state index is 12.9. The number of nitrogens with zero attached hydrogens (tertiary/aromatic N) is 3. The molecule has 1 aliphatic heterocycles. The number of aryl methyl sites for hydroxylation is 1. The van der Waals surface area contributed by atoms with E-state index in [1.54, 1.807) is 17.5 Å². The lowest BCUT2D eigenvalue weighted by molar-refractivity contribution is -0.0527. The van der Waals surface area contributed by atoms with Crippen LogP contribution in [0.25, 0.3) is 0 Å². The van der Waals surface area contributed by atoms with Crippen LogP contribution in [0.3, 0.4) is 0 Å². The van der Waals surface area contributed by atoms with E-state index in [-0.39, 0.29) is 16.9 Å². The smallest absolute Gasteiger partial charge is 0.246 e. The molecule has 1 aromatic heterocycles. The Balaban J connectivity index is 1.90. The van der Waals surface area contributed by atoms with E-state index < -0.39 is 15.6 Å². The van der Waals surface area contributed by atoms with E-state index >= 15 is 0 Å². The summed E-state index contributed by atoms with van der Waals surface area (Å²) in [5.41, 5.74) is -0.768. The Kier molecular flexibility index (Phi) is 4.07. The third-order valence-electron chi connectivity index (χ3n) is 5.25. The van der Waals surface area contributed by atoms with Gasteiger partial charge in [0, 0.05) is 31.7 Å². The molecule has 0 aromatic carbocycles. The van der Waals surface area contributed by atoms with E-state index in [0.717, 1.165) is 38.5 Å². The van der Waals surface area contributed by atoms with Crippen molar-refractivity contribution in [3.8, 4) is 0 Å². The summed E-state index contributed by atoms with van der Waals surface area (Å²) in [6.45, 7) is 2.40. The van der Waals surface area contributed by atoms with Crippen LogP contribution in [-0.2, 0) is 17.1 Å². The van der Waals surface area contributed by atoms with Crippen LogP contribution in [0.4, 0.5) is 0 Å². The topological polar surface area (TPSA) is 75.4 Å². The maximum Gasteiger partial charge on any atom is 0.246 e. The zero-order chi connectivity index (χ0) is 16.0. The van der Waals surface area contributed by atoms with Gasteiger partial charge < -0.3 is 5.11 Å². The Labute approximate surface area is 132 Å². The second-order valence-electron chi connectivity index (χ2n) is 6.88. The average molecular weight is 327 g/mol. The molecule has 124 valence electrons. The van der Waals surface area contributed by atoms with Gasteiger partial charge in [-0.1, -0.05) is 12.8 Å². The highest BCUT2D eigenvalue weighted by atomic mass is 32.2. The van der Waals surface area contributed by atoms with Gasteiger partial charge in [-0.25, -0.2) is 8.42 Å². The zero-order valence-corrected chi connectivity index (χ0v) is 14.1. The van der Waals surface area contributed by atoms with Crippen LogP contribution < -0.4 is 0 Å². The molecule has 0 bridgehead atoms. The van der Waals surface area contributed by atoms with Gasteiger partial charge in [-0.3, -0.25) is 4.68 Å². The van der Waals surface area contributed by atoms with Crippen LogP contribution >= 0.6 is 0 Å². The second kappa shape index (κ2) is 5.62. The number of hydrogen-bond acceptors (Lipinski definition) is 4. The van der Waals surface area contributed by atoms with Gasteiger partial charge in [-0.2, -0.15) is 9.40 Å². The fourth-order valence-corrected chi connectivity index (χ4v) is 5.80. The van der Waals surface area contributed by atoms with Gasteiger partial charge in [0.1, 0.15) is 4.90 Å². The summed E-state index contributed by atoms with van der Waals surface area (Å²) in [5.74, 6) is 0.0233. The molecule has 1 aliphatic carbocycles. The first kappa shape index (κ1) is 16.0. The van der Waals surface area contributed by atoms with Crippen LogP contribution in [-0.4, -0.2) is 45.8 Å². The molecule has 22 heavy (non-hydrogen) atoms. The molecule has 1 N–H and O–H groups in total. The van der Waals surface area contributed by atoms with Crippen molar-refractivity contribution in [2.24, 2.45) is 13.0 Å². The predicted molar refractivity (Wildman–Crippen MR) is 82.7 cm³/mol. The highest BCUT2D eigenvalue weighted by molar-refractivity contribution is 7.89. The Hall–Kier alpha value is -0.920. The largest absolute Gasteiger partial charge is 0.390 e. The first-order chi connectivity index (χ1) is 10.3. The van der Waals surface area contributed by atoms with Gasteiger partial charge in [-0.05, 0) is 32.6 Å². The third kappa shape index (κ3) is 2.70. The van der Waals surface area contributed by atoms with Crippen LogP contribution in [0.2, 0.25) is 0 Å². The molecule has 1 saturated carbocycles. The summed E-state index contributed by atoms with van der Waals surface area (Å²) >= 11 is 0. The van der Waals surface area contributed by atoms with Crippen molar-refractivity contribution in [1.82, 2.24) is 14.1 Å². The Morgan fingerprint density at radius 3 is 2.73 bits per heavy atom. The molecule has 7 heteroatoms. The van der Waals surface area contributed by atoms with Crippen molar-refractivity contribution in [3.63, 3.8) is 0 Å². The van der Waals surface area contributed by atoms with E-state index in [1.165, 1.54) is 10.9 Å². The van der Waals surface area contributed by atoms with E-state index in [2.05, 4.69) is 5.10 Å². The Bertz CT molecular complexity index is 638. The normalized spacial score (nSPS) is 34.1. The first-order valence-corrected chi connectivity index (χ1v) is 9.49. The minimum absolute atomic E-state index is 0.0233. The third-order valence-corrected chi connectivity index (χ3v) is 7.12. The summed E-state index contributed by atoms with van der Waals surface area (Å²) in [5, 5.41) is 14.7. The zero-order valence-electron chi connectivity index (χ0n) is 13.3. The van der Waals surface area contributed by atoms with Crippen molar-refractivity contribution in [2.45, 2.75) is 62.0 Å². The lowest BCUT2D eigenvalue weighted by Gasteiger charge is -2.43. The molecule has 1 aromatic rings. The Morgan fingerprint density at radius 2 is 2.09 bits per heavy atom. The molecule has 1 saturated heterocycles. The molecule has 0 unspecified atom stereocenters. The molecule has 2 fully saturated rings. The van der Waals surface area contributed by atoms with Crippen molar-refractivity contribution in [2.75, 3.05) is 6.54 Å². The van der Waals surface area contributed by atoms with Crippen LogP contribution in [0, 0.1) is 5.92 Å². The van der Waals surface area contributed by atoms with E-state index in [1.807, 2.05) is 6.92 Å². The first-order valence-electron chi connectivity index (χ1n) is 8.05. The lowest BCUT2D eigenvalue weighted by Crippen LogP contribution is -2.50. The van der Waals surface area contributed by atoms with Crippen molar-refractivity contribution < 1.29 is 13.5 Å². The Morgan fingerprint density at radius 1 is 1.32 bits per heavy atom. The monoisotopic (exact) mass is 327 g/mol. The standard InChI is InChI=1S/C15H25N3O3S/c1-15(19)8-4-3-6-13(15)14-7-5-9-18(14)22(20,21)12-10-16-17(2)11-12/h10-11,13-14,19H,3-9H2,1-2H3/t13-,14-,15+/m1/s1. The highest BCUT2D eigenvalue weighted by Gasteiger charge is 2.47. The fraction of sp³-hybridized carbons (Fsp3) is 0.800. The summed E-state index contributed by atoms with van der Waals surface area (Å²) < 4.78 is 28.9. The molecule has 2 heterocycles. The van der Waals surface area contributed by atoms with Crippen LogP contribution in [0.5, 0.6) is 0 Å². The molecule has 3 atom stereocenters. The number of rotatable bonds is 3. The van der Waals surface area contributed by atoms with Gasteiger partial charge in [0.25, 0.3) is 0 Å². The van der Waals surface area contributed by atoms with E-state index in [4.69, 9.17) is 0 Å². The quantitative estimate of drug-likeness (QED) is 0.913. The number of hydrogen-bond donors (Lipinski definition) is 1. The van der Waals surface area contributed by atoms with Crippen LogP contribution in [0.1, 0.15) is 45.4 Å².